The molecule has 18 heavy (non-hydrogen) atoms. The summed E-state index contributed by atoms with van der Waals surface area (Å²) in [5.41, 5.74) is 1.79. The lowest BCUT2D eigenvalue weighted by atomic mass is 10.0. The first-order valence-corrected chi connectivity index (χ1v) is 6.90. The smallest absolute Gasteiger partial charge is 0.166 e. The van der Waals surface area contributed by atoms with Crippen LogP contribution in [0.15, 0.2) is 35.0 Å². The van der Waals surface area contributed by atoms with Crippen LogP contribution in [0.4, 0.5) is 0 Å². The predicted molar refractivity (Wildman–Crippen MR) is 75.0 cm³/mol. The average molecular weight is 281 g/mol. The molecule has 0 radical (unpaired) electrons. The van der Waals surface area contributed by atoms with E-state index in [9.17, 15) is 4.79 Å². The Morgan fingerprint density at radius 1 is 1.39 bits per heavy atom. The van der Waals surface area contributed by atoms with E-state index in [-0.39, 0.29) is 5.78 Å². The van der Waals surface area contributed by atoms with Gasteiger partial charge in [-0.2, -0.15) is 11.3 Å². The molecule has 0 unspecified atom stereocenters. The summed E-state index contributed by atoms with van der Waals surface area (Å²) >= 11 is 7.51. The van der Waals surface area contributed by atoms with Crippen LogP contribution in [0.2, 0.25) is 5.02 Å². The highest BCUT2D eigenvalue weighted by molar-refractivity contribution is 7.07. The van der Waals surface area contributed by atoms with E-state index in [1.54, 1.807) is 36.6 Å². The molecule has 2 rings (SSSR count). The van der Waals surface area contributed by atoms with Gasteiger partial charge in [-0.3, -0.25) is 4.79 Å². The van der Waals surface area contributed by atoms with Crippen LogP contribution in [0.3, 0.4) is 0 Å². The van der Waals surface area contributed by atoms with Gasteiger partial charge in [-0.15, -0.1) is 0 Å². The van der Waals surface area contributed by atoms with Gasteiger partial charge in [0, 0.05) is 11.4 Å². The fourth-order valence-corrected chi connectivity index (χ4v) is 2.59. The van der Waals surface area contributed by atoms with Crippen molar-refractivity contribution in [3.63, 3.8) is 0 Å². The number of halogens is 1. The molecule has 1 aromatic carbocycles. The van der Waals surface area contributed by atoms with Crippen LogP contribution in [0.25, 0.3) is 0 Å². The van der Waals surface area contributed by atoms with E-state index in [0.29, 0.717) is 22.8 Å². The minimum atomic E-state index is 0.0784. The van der Waals surface area contributed by atoms with Crippen molar-refractivity contribution >= 4 is 28.7 Å². The molecule has 0 fully saturated rings. The van der Waals surface area contributed by atoms with Gasteiger partial charge in [0.25, 0.3) is 0 Å². The molecule has 0 aliphatic carbocycles. The molecule has 2 nitrogen and oxygen atoms in total. The molecule has 0 saturated carbocycles. The normalized spacial score (nSPS) is 10.3. The van der Waals surface area contributed by atoms with Gasteiger partial charge in [0.05, 0.1) is 12.7 Å². The Balaban J connectivity index is 2.09. The summed E-state index contributed by atoms with van der Waals surface area (Å²) in [6.45, 7) is 0. The maximum absolute atomic E-state index is 12.1. The minimum Gasteiger partial charge on any atom is -0.496 e. The highest BCUT2D eigenvalue weighted by Crippen LogP contribution is 2.24. The molecular weight excluding hydrogens is 268 g/mol. The molecular formula is C14H13ClO2S. The number of thiophene rings is 1. The molecule has 0 aliphatic heterocycles. The summed E-state index contributed by atoms with van der Waals surface area (Å²) in [6, 6.07) is 7.13. The van der Waals surface area contributed by atoms with Crippen LogP contribution in [-0.4, -0.2) is 12.9 Å². The van der Waals surface area contributed by atoms with E-state index in [1.165, 1.54) is 5.56 Å². The van der Waals surface area contributed by atoms with E-state index in [0.717, 1.165) is 6.42 Å². The SMILES string of the molecule is COc1cc(Cl)ccc1C(=O)CCc1ccsc1. The highest BCUT2D eigenvalue weighted by atomic mass is 35.5. The molecule has 2 aromatic rings. The molecule has 4 heteroatoms. The first kappa shape index (κ1) is 13.1. The van der Waals surface area contributed by atoms with E-state index < -0.39 is 0 Å². The number of methoxy groups -OCH3 is 1. The van der Waals surface area contributed by atoms with Crippen molar-refractivity contribution in [2.24, 2.45) is 0 Å². The first-order chi connectivity index (χ1) is 8.70. The Labute approximate surface area is 115 Å². The topological polar surface area (TPSA) is 26.3 Å². The average Bonchev–Trinajstić information content (AvgIpc) is 2.88. The van der Waals surface area contributed by atoms with Gasteiger partial charge in [-0.05, 0) is 47.0 Å². The number of ketones is 1. The number of ether oxygens (including phenoxy) is 1. The number of rotatable bonds is 5. The maximum atomic E-state index is 12.1. The Hall–Kier alpha value is -1.32. The van der Waals surface area contributed by atoms with Crippen molar-refractivity contribution in [1.82, 2.24) is 0 Å². The van der Waals surface area contributed by atoms with Crippen LogP contribution in [0.5, 0.6) is 5.75 Å². The minimum absolute atomic E-state index is 0.0784. The van der Waals surface area contributed by atoms with Gasteiger partial charge < -0.3 is 4.74 Å². The summed E-state index contributed by atoms with van der Waals surface area (Å²) in [5, 5.41) is 4.65. The highest BCUT2D eigenvalue weighted by Gasteiger charge is 2.12. The van der Waals surface area contributed by atoms with Crippen LogP contribution >= 0.6 is 22.9 Å². The van der Waals surface area contributed by atoms with Crippen molar-refractivity contribution in [2.75, 3.05) is 7.11 Å². The third kappa shape index (κ3) is 3.12. The van der Waals surface area contributed by atoms with Crippen LogP contribution < -0.4 is 4.74 Å². The number of aryl methyl sites for hydroxylation is 1. The lowest BCUT2D eigenvalue weighted by Gasteiger charge is -2.07. The maximum Gasteiger partial charge on any atom is 0.166 e. The Bertz CT molecular complexity index is 535. The summed E-state index contributed by atoms with van der Waals surface area (Å²) in [4.78, 5) is 12.1. The van der Waals surface area contributed by atoms with E-state index >= 15 is 0 Å². The quantitative estimate of drug-likeness (QED) is 0.766. The van der Waals surface area contributed by atoms with Crippen molar-refractivity contribution < 1.29 is 9.53 Å². The molecule has 0 N–H and O–H groups in total. The van der Waals surface area contributed by atoms with Gasteiger partial charge in [-0.25, -0.2) is 0 Å². The fraction of sp³-hybridized carbons (Fsp3) is 0.214. The third-order valence-corrected chi connectivity index (χ3v) is 3.65. The van der Waals surface area contributed by atoms with Gasteiger partial charge in [-0.1, -0.05) is 11.6 Å². The number of carbonyl (C=O) groups excluding carboxylic acids is 1. The van der Waals surface area contributed by atoms with Gasteiger partial charge >= 0.3 is 0 Å². The van der Waals surface area contributed by atoms with Crippen molar-refractivity contribution in [3.05, 3.63) is 51.2 Å². The van der Waals surface area contributed by atoms with Crippen LogP contribution in [0.1, 0.15) is 22.3 Å². The summed E-state index contributed by atoms with van der Waals surface area (Å²) in [7, 11) is 1.54. The monoisotopic (exact) mass is 280 g/mol. The fourth-order valence-electron chi connectivity index (χ4n) is 1.72. The Morgan fingerprint density at radius 2 is 2.22 bits per heavy atom. The largest absolute Gasteiger partial charge is 0.496 e. The lowest BCUT2D eigenvalue weighted by Crippen LogP contribution is -2.03. The lowest BCUT2D eigenvalue weighted by molar-refractivity contribution is 0.0980. The predicted octanol–water partition coefficient (Wildman–Crippen LogP) is 4.23. The summed E-state index contributed by atoms with van der Waals surface area (Å²) < 4.78 is 5.18. The summed E-state index contributed by atoms with van der Waals surface area (Å²) in [5.74, 6) is 0.618. The van der Waals surface area contributed by atoms with Gasteiger partial charge in [0.15, 0.2) is 5.78 Å². The third-order valence-electron chi connectivity index (χ3n) is 2.68. The second-order valence-corrected chi connectivity index (χ2v) is 5.12. The molecule has 94 valence electrons. The molecule has 0 amide bonds. The van der Waals surface area contributed by atoms with Crippen LogP contribution in [-0.2, 0) is 6.42 Å². The van der Waals surface area contributed by atoms with E-state index in [4.69, 9.17) is 16.3 Å². The zero-order valence-electron chi connectivity index (χ0n) is 9.98. The number of hydrogen-bond acceptors (Lipinski definition) is 3. The van der Waals surface area contributed by atoms with Crippen molar-refractivity contribution in [3.8, 4) is 5.75 Å². The zero-order chi connectivity index (χ0) is 13.0. The summed E-state index contributed by atoms with van der Waals surface area (Å²) in [6.07, 6.45) is 1.24. The van der Waals surface area contributed by atoms with Gasteiger partial charge in [0.1, 0.15) is 5.75 Å². The van der Waals surface area contributed by atoms with E-state index in [1.807, 2.05) is 11.4 Å². The Morgan fingerprint density at radius 3 is 2.89 bits per heavy atom. The molecule has 0 atom stereocenters. The molecule has 1 heterocycles. The zero-order valence-corrected chi connectivity index (χ0v) is 11.6. The number of benzene rings is 1. The second kappa shape index (κ2) is 6.03. The molecule has 0 bridgehead atoms. The molecule has 0 aliphatic rings. The van der Waals surface area contributed by atoms with E-state index in [2.05, 4.69) is 5.38 Å². The molecule has 0 saturated heterocycles. The second-order valence-electron chi connectivity index (χ2n) is 3.90. The number of hydrogen-bond donors (Lipinski definition) is 0. The van der Waals surface area contributed by atoms with Crippen molar-refractivity contribution in [2.45, 2.75) is 12.8 Å². The molecule has 1 aromatic heterocycles. The first-order valence-electron chi connectivity index (χ1n) is 5.58. The standard InChI is InChI=1S/C14H13ClO2S/c1-17-14-8-11(15)3-4-12(14)13(16)5-2-10-6-7-18-9-10/h3-4,6-9H,2,5H2,1H3. The van der Waals surface area contributed by atoms with Crippen molar-refractivity contribution in [1.29, 1.82) is 0 Å². The number of Topliss-reactive ketones (excluding diaryl/α,β-unsaturated/α-hetero) is 1. The molecule has 0 spiro atoms. The van der Waals surface area contributed by atoms with Crippen LogP contribution in [0, 0.1) is 0 Å². The Kier molecular flexibility index (Phi) is 4.39. The van der Waals surface area contributed by atoms with Gasteiger partial charge in [0.2, 0.25) is 0 Å². The number of carbonyl (C=O) groups is 1.